The normalized spacial score (nSPS) is 9.57. The molecule has 0 aromatic heterocycles. The molecule has 0 unspecified atom stereocenters. The van der Waals surface area contributed by atoms with Crippen molar-refractivity contribution in [2.24, 2.45) is 0 Å². The number of amides is 3. The number of nitrogens with zero attached hydrogens (tertiary/aromatic N) is 1. The van der Waals surface area contributed by atoms with Crippen LogP contribution in [-0.2, 0) is 6.54 Å². The quantitative estimate of drug-likeness (QED) is 0.755. The highest BCUT2D eigenvalue weighted by atomic mass is 19.1. The van der Waals surface area contributed by atoms with Gasteiger partial charge in [-0.15, -0.1) is 0 Å². The van der Waals surface area contributed by atoms with Crippen LogP contribution in [0.15, 0.2) is 48.5 Å². The molecule has 0 aliphatic carbocycles. The number of hydrogen-bond donors (Lipinski definition) is 3. The van der Waals surface area contributed by atoms with Gasteiger partial charge in [-0.2, -0.15) is 5.26 Å². The summed E-state index contributed by atoms with van der Waals surface area (Å²) in [5.41, 5.74) is 5.85. The Morgan fingerprint density at radius 2 is 1.83 bits per heavy atom. The second kappa shape index (κ2) is 7.56. The number of urea groups is 1. The summed E-state index contributed by atoms with van der Waals surface area (Å²) in [7, 11) is 0. The van der Waals surface area contributed by atoms with Crippen LogP contribution < -0.4 is 16.2 Å². The minimum absolute atomic E-state index is 0.202. The number of rotatable bonds is 3. The van der Waals surface area contributed by atoms with Gasteiger partial charge in [-0.1, -0.05) is 12.1 Å². The van der Waals surface area contributed by atoms with E-state index in [4.69, 9.17) is 5.26 Å². The summed E-state index contributed by atoms with van der Waals surface area (Å²) < 4.78 is 12.7. The molecule has 23 heavy (non-hydrogen) atoms. The van der Waals surface area contributed by atoms with E-state index in [2.05, 4.69) is 16.2 Å². The van der Waals surface area contributed by atoms with Crippen molar-refractivity contribution in [3.05, 3.63) is 71.0 Å². The van der Waals surface area contributed by atoms with Crippen molar-refractivity contribution < 1.29 is 14.0 Å². The molecule has 0 heterocycles. The van der Waals surface area contributed by atoms with Crippen LogP contribution in [0.2, 0.25) is 0 Å². The second-order valence-corrected chi connectivity index (χ2v) is 4.58. The fourth-order valence-corrected chi connectivity index (χ4v) is 1.76. The maximum Gasteiger partial charge on any atom is 0.333 e. The Labute approximate surface area is 131 Å². The zero-order valence-corrected chi connectivity index (χ0v) is 12.0. The monoisotopic (exact) mass is 312 g/mol. The maximum atomic E-state index is 12.7. The zero-order chi connectivity index (χ0) is 16.7. The van der Waals surface area contributed by atoms with Gasteiger partial charge < -0.3 is 5.32 Å². The van der Waals surface area contributed by atoms with Crippen LogP contribution in [0.5, 0.6) is 0 Å². The van der Waals surface area contributed by atoms with Crippen LogP contribution in [-0.4, -0.2) is 11.9 Å². The minimum Gasteiger partial charge on any atom is -0.333 e. The lowest BCUT2D eigenvalue weighted by Crippen LogP contribution is -2.46. The van der Waals surface area contributed by atoms with Gasteiger partial charge in [-0.05, 0) is 42.0 Å². The van der Waals surface area contributed by atoms with Crippen LogP contribution >= 0.6 is 0 Å². The van der Waals surface area contributed by atoms with E-state index in [1.165, 1.54) is 12.1 Å². The summed E-state index contributed by atoms with van der Waals surface area (Å²) in [6, 6.07) is 13.1. The summed E-state index contributed by atoms with van der Waals surface area (Å²) in [5.74, 6) is -1.02. The van der Waals surface area contributed by atoms with Gasteiger partial charge >= 0.3 is 6.03 Å². The molecule has 116 valence electrons. The fourth-order valence-electron chi connectivity index (χ4n) is 1.76. The maximum absolute atomic E-state index is 12.7. The van der Waals surface area contributed by atoms with E-state index < -0.39 is 17.8 Å². The number of nitrogens with one attached hydrogen (secondary N) is 3. The Morgan fingerprint density at radius 1 is 1.09 bits per heavy atom. The van der Waals surface area contributed by atoms with Gasteiger partial charge in [-0.25, -0.2) is 14.6 Å². The molecule has 0 saturated carbocycles. The van der Waals surface area contributed by atoms with Gasteiger partial charge in [0.1, 0.15) is 5.82 Å². The summed E-state index contributed by atoms with van der Waals surface area (Å²) in [4.78, 5) is 23.3. The van der Waals surface area contributed by atoms with Crippen LogP contribution in [0.1, 0.15) is 21.5 Å². The van der Waals surface area contributed by atoms with Crippen molar-refractivity contribution in [1.82, 2.24) is 16.2 Å². The van der Waals surface area contributed by atoms with E-state index in [1.807, 2.05) is 6.07 Å². The largest absolute Gasteiger partial charge is 0.333 e. The van der Waals surface area contributed by atoms with Crippen LogP contribution in [0.4, 0.5) is 9.18 Å². The molecule has 3 amide bonds. The van der Waals surface area contributed by atoms with E-state index in [0.717, 1.165) is 17.7 Å². The third kappa shape index (κ3) is 4.82. The topological polar surface area (TPSA) is 94.0 Å². The molecule has 0 atom stereocenters. The predicted molar refractivity (Wildman–Crippen MR) is 80.4 cm³/mol. The number of halogens is 1. The first-order valence-electron chi connectivity index (χ1n) is 6.67. The van der Waals surface area contributed by atoms with Crippen molar-refractivity contribution in [2.75, 3.05) is 0 Å². The molecule has 3 N–H and O–H groups in total. The standard InChI is InChI=1S/C16H13FN4O2/c17-14-6-4-13(5-7-14)15(22)20-21-16(23)19-10-12-3-1-2-11(8-12)9-18/h1-8H,10H2,(H,20,22)(H2,19,21,23). The molecular weight excluding hydrogens is 299 g/mol. The number of carbonyl (C=O) groups excluding carboxylic acids is 2. The zero-order valence-electron chi connectivity index (χ0n) is 12.0. The Kier molecular flexibility index (Phi) is 5.25. The lowest BCUT2D eigenvalue weighted by molar-refractivity contribution is 0.0936. The number of benzene rings is 2. The first-order chi connectivity index (χ1) is 11.1. The van der Waals surface area contributed by atoms with Gasteiger partial charge in [0.2, 0.25) is 0 Å². The third-order valence-electron chi connectivity index (χ3n) is 2.91. The highest BCUT2D eigenvalue weighted by Crippen LogP contribution is 2.03. The van der Waals surface area contributed by atoms with E-state index in [-0.39, 0.29) is 12.1 Å². The van der Waals surface area contributed by atoms with Crippen molar-refractivity contribution in [1.29, 1.82) is 5.26 Å². The summed E-state index contributed by atoms with van der Waals surface area (Å²) >= 11 is 0. The summed E-state index contributed by atoms with van der Waals surface area (Å²) in [5, 5.41) is 11.3. The van der Waals surface area contributed by atoms with Crippen LogP contribution in [0, 0.1) is 17.1 Å². The molecule has 0 aliphatic rings. The second-order valence-electron chi connectivity index (χ2n) is 4.58. The minimum atomic E-state index is -0.608. The van der Waals surface area contributed by atoms with Gasteiger partial charge in [0.05, 0.1) is 11.6 Å². The lowest BCUT2D eigenvalue weighted by atomic mass is 10.1. The molecule has 0 spiro atoms. The van der Waals surface area contributed by atoms with Crippen molar-refractivity contribution in [3.63, 3.8) is 0 Å². The van der Waals surface area contributed by atoms with E-state index >= 15 is 0 Å². The summed E-state index contributed by atoms with van der Waals surface area (Å²) in [6.07, 6.45) is 0. The SMILES string of the molecule is N#Cc1cccc(CNC(=O)NNC(=O)c2ccc(F)cc2)c1. The Hall–Kier alpha value is -3.40. The fraction of sp³-hybridized carbons (Fsp3) is 0.0625. The highest BCUT2D eigenvalue weighted by molar-refractivity contribution is 5.95. The number of carbonyl (C=O) groups is 2. The Balaban J connectivity index is 1.79. The Morgan fingerprint density at radius 3 is 2.52 bits per heavy atom. The summed E-state index contributed by atoms with van der Waals surface area (Å²) in [6.45, 7) is 0.202. The molecule has 2 aromatic carbocycles. The van der Waals surface area contributed by atoms with E-state index in [0.29, 0.717) is 5.56 Å². The molecule has 7 heteroatoms. The van der Waals surface area contributed by atoms with Gasteiger partial charge in [0, 0.05) is 12.1 Å². The van der Waals surface area contributed by atoms with Crippen molar-refractivity contribution in [3.8, 4) is 6.07 Å². The van der Waals surface area contributed by atoms with Crippen LogP contribution in [0.25, 0.3) is 0 Å². The number of hydrazine groups is 1. The number of hydrogen-bond acceptors (Lipinski definition) is 3. The van der Waals surface area contributed by atoms with Gasteiger partial charge in [-0.3, -0.25) is 10.2 Å². The van der Waals surface area contributed by atoms with E-state index in [1.54, 1.807) is 24.3 Å². The van der Waals surface area contributed by atoms with E-state index in [9.17, 15) is 14.0 Å². The average Bonchev–Trinajstić information content (AvgIpc) is 2.58. The molecule has 0 saturated heterocycles. The molecular formula is C16H13FN4O2. The first kappa shape index (κ1) is 16.0. The van der Waals surface area contributed by atoms with Crippen molar-refractivity contribution >= 4 is 11.9 Å². The van der Waals surface area contributed by atoms with Crippen LogP contribution in [0.3, 0.4) is 0 Å². The average molecular weight is 312 g/mol. The smallest absolute Gasteiger partial charge is 0.333 e. The molecule has 0 bridgehead atoms. The molecule has 0 radical (unpaired) electrons. The molecule has 2 aromatic rings. The Bertz CT molecular complexity index is 753. The van der Waals surface area contributed by atoms with Gasteiger partial charge in [0.15, 0.2) is 0 Å². The molecule has 2 rings (SSSR count). The third-order valence-corrected chi connectivity index (χ3v) is 2.91. The van der Waals surface area contributed by atoms with Crippen molar-refractivity contribution in [2.45, 2.75) is 6.54 Å². The molecule has 0 aliphatic heterocycles. The lowest BCUT2D eigenvalue weighted by Gasteiger charge is -2.09. The van der Waals surface area contributed by atoms with Gasteiger partial charge in [0.25, 0.3) is 5.91 Å². The first-order valence-corrected chi connectivity index (χ1v) is 6.67. The molecule has 0 fully saturated rings. The molecule has 6 nitrogen and oxygen atoms in total. The highest BCUT2D eigenvalue weighted by Gasteiger charge is 2.07. The predicted octanol–water partition coefficient (Wildman–Crippen LogP) is 1.84. The number of nitriles is 1.